The van der Waals surface area contributed by atoms with Crippen molar-refractivity contribution in [1.82, 2.24) is 0 Å². The number of hydrogen-bond acceptors (Lipinski definition) is 3. The lowest BCUT2D eigenvalue weighted by Gasteiger charge is -2.18. The number of ether oxygens (including phenoxy) is 1. The molecule has 25 heavy (non-hydrogen) atoms. The van der Waals surface area contributed by atoms with Crippen molar-refractivity contribution in [1.29, 1.82) is 0 Å². The van der Waals surface area contributed by atoms with Crippen LogP contribution < -0.4 is 0 Å². The van der Waals surface area contributed by atoms with Gasteiger partial charge in [0, 0.05) is 0 Å². The van der Waals surface area contributed by atoms with Crippen molar-refractivity contribution in [3.05, 3.63) is 35.9 Å². The summed E-state index contributed by atoms with van der Waals surface area (Å²) >= 11 is 0. The number of aliphatic hydroxyl groups excluding tert-OH is 1. The van der Waals surface area contributed by atoms with Crippen LogP contribution in [-0.4, -0.2) is 23.3 Å². The normalized spacial score (nSPS) is 13.4. The van der Waals surface area contributed by atoms with E-state index in [0.29, 0.717) is 5.56 Å². The number of benzene rings is 1. The second-order valence-corrected chi connectivity index (χ2v) is 7.08. The second-order valence-electron chi connectivity index (χ2n) is 7.08. The molecule has 1 aromatic carbocycles. The summed E-state index contributed by atoms with van der Waals surface area (Å²) < 4.78 is 5.74. The lowest BCUT2D eigenvalue weighted by atomic mass is 10.0. The minimum Gasteiger partial charge on any atom is -0.459 e. The molecule has 3 nitrogen and oxygen atoms in total. The summed E-state index contributed by atoms with van der Waals surface area (Å²) in [6.07, 6.45) is 11.9. The molecule has 3 heteroatoms. The first kappa shape index (κ1) is 21.7. The number of esters is 1. The summed E-state index contributed by atoms with van der Waals surface area (Å²) in [4.78, 5) is 12.3. The first-order valence-corrected chi connectivity index (χ1v) is 10.1. The Labute approximate surface area is 153 Å². The Balaban J connectivity index is 2.36. The van der Waals surface area contributed by atoms with Gasteiger partial charge in [0.2, 0.25) is 0 Å². The maximum atomic E-state index is 12.3. The molecule has 2 unspecified atom stereocenters. The van der Waals surface area contributed by atoms with Crippen molar-refractivity contribution in [3.8, 4) is 0 Å². The van der Waals surface area contributed by atoms with Gasteiger partial charge < -0.3 is 9.84 Å². The van der Waals surface area contributed by atoms with Crippen LogP contribution in [0.25, 0.3) is 0 Å². The summed E-state index contributed by atoms with van der Waals surface area (Å²) in [5, 5.41) is 9.43. The summed E-state index contributed by atoms with van der Waals surface area (Å²) in [7, 11) is 0. The topological polar surface area (TPSA) is 46.5 Å². The van der Waals surface area contributed by atoms with Crippen LogP contribution in [0.4, 0.5) is 0 Å². The summed E-state index contributed by atoms with van der Waals surface area (Å²) in [5.41, 5.74) is 0.614. The average Bonchev–Trinajstić information content (AvgIpc) is 2.61. The third-order valence-corrected chi connectivity index (χ3v) is 4.56. The molecule has 0 saturated carbocycles. The maximum Gasteiger partial charge on any atom is 0.338 e. The molecule has 0 radical (unpaired) electrons. The van der Waals surface area contributed by atoms with Gasteiger partial charge in [-0.3, -0.25) is 0 Å². The van der Waals surface area contributed by atoms with Gasteiger partial charge in [0.25, 0.3) is 0 Å². The highest BCUT2D eigenvalue weighted by Gasteiger charge is 2.16. The zero-order valence-electron chi connectivity index (χ0n) is 16.1. The van der Waals surface area contributed by atoms with Crippen molar-refractivity contribution in [2.24, 2.45) is 0 Å². The highest BCUT2D eigenvalue weighted by atomic mass is 16.5. The molecule has 142 valence electrons. The molecule has 0 aliphatic heterocycles. The highest BCUT2D eigenvalue weighted by molar-refractivity contribution is 5.89. The van der Waals surface area contributed by atoms with E-state index < -0.39 is 0 Å². The predicted octanol–water partition coefficient (Wildman–Crippen LogP) is 5.90. The fourth-order valence-corrected chi connectivity index (χ4v) is 3.03. The van der Waals surface area contributed by atoms with Crippen molar-refractivity contribution in [2.45, 2.75) is 96.7 Å². The van der Waals surface area contributed by atoms with Gasteiger partial charge in [-0.2, -0.15) is 0 Å². The molecule has 2 atom stereocenters. The monoisotopic (exact) mass is 348 g/mol. The molecule has 0 aromatic heterocycles. The van der Waals surface area contributed by atoms with Crippen molar-refractivity contribution in [3.63, 3.8) is 0 Å². The van der Waals surface area contributed by atoms with E-state index in [1.54, 1.807) is 19.1 Å². The Hall–Kier alpha value is -1.35. The van der Waals surface area contributed by atoms with E-state index in [0.717, 1.165) is 32.1 Å². The first-order valence-electron chi connectivity index (χ1n) is 10.1. The lowest BCUT2D eigenvalue weighted by Crippen LogP contribution is -2.19. The van der Waals surface area contributed by atoms with E-state index >= 15 is 0 Å². The molecule has 0 saturated heterocycles. The largest absolute Gasteiger partial charge is 0.459 e. The number of unbranched alkanes of at least 4 members (excludes halogenated alkanes) is 6. The predicted molar refractivity (Wildman–Crippen MR) is 104 cm³/mol. The summed E-state index contributed by atoms with van der Waals surface area (Å²) in [6, 6.07) is 9.20. The van der Waals surface area contributed by atoms with Crippen molar-refractivity contribution >= 4 is 5.97 Å². The van der Waals surface area contributed by atoms with Crippen LogP contribution in [0, 0.1) is 0 Å². The molecule has 1 N–H and O–H groups in total. The van der Waals surface area contributed by atoms with Crippen molar-refractivity contribution < 1.29 is 14.6 Å². The Morgan fingerprint density at radius 1 is 0.920 bits per heavy atom. The quantitative estimate of drug-likeness (QED) is 0.336. The van der Waals surface area contributed by atoms with Crippen LogP contribution in [0.5, 0.6) is 0 Å². The Morgan fingerprint density at radius 2 is 1.52 bits per heavy atom. The molecule has 0 spiro atoms. The number of aliphatic hydroxyl groups is 1. The SMILES string of the molecule is CCCCCCCCCC(CCCC(C)O)OC(=O)c1ccccc1. The van der Waals surface area contributed by atoms with Crippen LogP contribution in [0.2, 0.25) is 0 Å². The average molecular weight is 349 g/mol. The maximum absolute atomic E-state index is 12.3. The minimum absolute atomic E-state index is 0.0397. The molecular weight excluding hydrogens is 312 g/mol. The molecule has 0 bridgehead atoms. The number of carbonyl (C=O) groups excluding carboxylic acids is 1. The fraction of sp³-hybridized carbons (Fsp3) is 0.682. The van der Waals surface area contributed by atoms with Crippen LogP contribution in [-0.2, 0) is 4.74 Å². The second kappa shape index (κ2) is 13.9. The molecule has 0 amide bonds. The fourth-order valence-electron chi connectivity index (χ4n) is 3.03. The van der Waals surface area contributed by atoms with E-state index in [9.17, 15) is 9.90 Å². The van der Waals surface area contributed by atoms with Gasteiger partial charge in [-0.05, 0) is 51.2 Å². The first-order chi connectivity index (χ1) is 12.1. The third kappa shape index (κ3) is 11.0. The molecular formula is C22H36O3. The standard InChI is InChI=1S/C22H36O3/c1-3-4-5-6-7-8-12-17-21(18-13-14-19(2)23)25-22(24)20-15-10-9-11-16-20/h9-11,15-16,19,21,23H,3-8,12-14,17-18H2,1-2H3. The van der Waals surface area contributed by atoms with Gasteiger partial charge in [-0.1, -0.05) is 63.6 Å². The van der Waals surface area contributed by atoms with Gasteiger partial charge in [0.1, 0.15) is 6.10 Å². The van der Waals surface area contributed by atoms with Gasteiger partial charge in [0.15, 0.2) is 0 Å². The molecule has 1 aromatic rings. The Kier molecular flexibility index (Phi) is 12.0. The zero-order valence-corrected chi connectivity index (χ0v) is 16.1. The Morgan fingerprint density at radius 3 is 2.16 bits per heavy atom. The summed E-state index contributed by atoms with van der Waals surface area (Å²) in [5.74, 6) is -0.231. The van der Waals surface area contributed by atoms with Crippen molar-refractivity contribution in [2.75, 3.05) is 0 Å². The van der Waals surface area contributed by atoms with E-state index in [1.807, 2.05) is 18.2 Å². The van der Waals surface area contributed by atoms with Crippen LogP contribution in [0.3, 0.4) is 0 Å². The van der Waals surface area contributed by atoms with Crippen LogP contribution in [0.1, 0.15) is 94.8 Å². The zero-order chi connectivity index (χ0) is 18.3. The van der Waals surface area contributed by atoms with Gasteiger partial charge >= 0.3 is 5.97 Å². The number of rotatable bonds is 14. The van der Waals surface area contributed by atoms with E-state index in [4.69, 9.17) is 4.74 Å². The van der Waals surface area contributed by atoms with E-state index in [-0.39, 0.29) is 18.2 Å². The van der Waals surface area contributed by atoms with Crippen LogP contribution >= 0.6 is 0 Å². The van der Waals surface area contributed by atoms with Gasteiger partial charge in [-0.25, -0.2) is 4.79 Å². The third-order valence-electron chi connectivity index (χ3n) is 4.56. The molecule has 0 aliphatic rings. The van der Waals surface area contributed by atoms with Gasteiger partial charge in [0.05, 0.1) is 11.7 Å². The van der Waals surface area contributed by atoms with Crippen LogP contribution in [0.15, 0.2) is 30.3 Å². The lowest BCUT2D eigenvalue weighted by molar-refractivity contribution is 0.0242. The summed E-state index contributed by atoms with van der Waals surface area (Å²) in [6.45, 7) is 4.04. The number of carbonyl (C=O) groups is 1. The van der Waals surface area contributed by atoms with E-state index in [1.165, 1.54) is 38.5 Å². The molecule has 1 rings (SSSR count). The molecule has 0 aliphatic carbocycles. The Bertz CT molecular complexity index is 442. The smallest absolute Gasteiger partial charge is 0.338 e. The van der Waals surface area contributed by atoms with Gasteiger partial charge in [-0.15, -0.1) is 0 Å². The number of hydrogen-bond donors (Lipinski definition) is 1. The highest BCUT2D eigenvalue weighted by Crippen LogP contribution is 2.17. The molecule has 0 fully saturated rings. The minimum atomic E-state index is -0.288. The van der Waals surface area contributed by atoms with E-state index in [2.05, 4.69) is 6.92 Å². The molecule has 0 heterocycles.